The largest absolute Gasteiger partial charge is 0.366 e. The summed E-state index contributed by atoms with van der Waals surface area (Å²) in [6.45, 7) is 0.285. The second kappa shape index (κ2) is 7.70. The lowest BCUT2D eigenvalue weighted by molar-refractivity contribution is -0.136. The SMILES string of the molecule is Cn1cnc(-c2ccc3c(c2)CN(C2CCC(=O)NC2=O)C3=O)c1-c1cccc(C(N)=O)c1. The average Bonchev–Trinajstić information content (AvgIpc) is 3.33. The molecule has 0 radical (unpaired) electrons. The Labute approximate surface area is 189 Å². The van der Waals surface area contributed by atoms with Gasteiger partial charge in [-0.15, -0.1) is 0 Å². The number of benzene rings is 2. The van der Waals surface area contributed by atoms with Gasteiger partial charge in [0, 0.05) is 42.3 Å². The Bertz CT molecular complexity index is 1340. The van der Waals surface area contributed by atoms with Crippen LogP contribution in [-0.4, -0.2) is 44.1 Å². The quantitative estimate of drug-likeness (QED) is 0.592. The number of nitrogens with one attached hydrogen (secondary N) is 1. The Morgan fingerprint density at radius 2 is 1.94 bits per heavy atom. The van der Waals surface area contributed by atoms with Crippen molar-refractivity contribution in [1.29, 1.82) is 0 Å². The molecule has 1 aromatic heterocycles. The Balaban J connectivity index is 1.50. The van der Waals surface area contributed by atoms with Crippen molar-refractivity contribution in [3.63, 3.8) is 0 Å². The van der Waals surface area contributed by atoms with Crippen LogP contribution in [0.15, 0.2) is 48.8 Å². The van der Waals surface area contributed by atoms with Crippen molar-refractivity contribution in [1.82, 2.24) is 19.8 Å². The maximum absolute atomic E-state index is 13.0. The maximum atomic E-state index is 13.0. The second-order valence-electron chi connectivity index (χ2n) is 8.27. The third-order valence-corrected chi connectivity index (χ3v) is 6.15. The minimum Gasteiger partial charge on any atom is -0.366 e. The zero-order valence-electron chi connectivity index (χ0n) is 17.9. The lowest BCUT2D eigenvalue weighted by atomic mass is 9.99. The van der Waals surface area contributed by atoms with E-state index in [1.54, 1.807) is 30.6 Å². The first-order valence-corrected chi connectivity index (χ1v) is 10.5. The first kappa shape index (κ1) is 20.6. The zero-order chi connectivity index (χ0) is 23.3. The number of hydrogen-bond donors (Lipinski definition) is 2. The summed E-state index contributed by atoms with van der Waals surface area (Å²) in [5.41, 5.74) is 10.3. The summed E-state index contributed by atoms with van der Waals surface area (Å²) in [5.74, 6) is -1.48. The number of nitrogens with two attached hydrogens (primary N) is 1. The molecule has 33 heavy (non-hydrogen) atoms. The number of carbonyl (C=O) groups excluding carboxylic acids is 4. The molecule has 1 unspecified atom stereocenters. The summed E-state index contributed by atoms with van der Waals surface area (Å²) < 4.78 is 1.86. The van der Waals surface area contributed by atoms with E-state index < -0.39 is 17.9 Å². The van der Waals surface area contributed by atoms with Crippen LogP contribution in [0.4, 0.5) is 0 Å². The van der Waals surface area contributed by atoms with Gasteiger partial charge in [-0.05, 0) is 36.2 Å². The second-order valence-corrected chi connectivity index (χ2v) is 8.27. The molecule has 0 spiro atoms. The topological polar surface area (TPSA) is 127 Å². The van der Waals surface area contributed by atoms with Crippen LogP contribution >= 0.6 is 0 Å². The highest BCUT2D eigenvalue weighted by atomic mass is 16.2. The molecule has 1 fully saturated rings. The molecule has 0 bridgehead atoms. The van der Waals surface area contributed by atoms with E-state index in [1.807, 2.05) is 29.8 Å². The van der Waals surface area contributed by atoms with Crippen molar-refractivity contribution in [3.8, 4) is 22.5 Å². The van der Waals surface area contributed by atoms with Crippen LogP contribution in [0.2, 0.25) is 0 Å². The Kier molecular flexibility index (Phi) is 4.81. The highest BCUT2D eigenvalue weighted by Crippen LogP contribution is 2.35. The molecule has 166 valence electrons. The molecule has 2 aromatic carbocycles. The first-order valence-electron chi connectivity index (χ1n) is 10.5. The van der Waals surface area contributed by atoms with Gasteiger partial charge in [0.25, 0.3) is 5.91 Å². The molecule has 3 aromatic rings. The maximum Gasteiger partial charge on any atom is 0.255 e. The summed E-state index contributed by atoms with van der Waals surface area (Å²) >= 11 is 0. The number of aromatic nitrogens is 2. The number of imidazole rings is 1. The highest BCUT2D eigenvalue weighted by molar-refractivity contribution is 6.05. The predicted octanol–water partition coefficient (Wildman–Crippen LogP) is 1.61. The molecular formula is C24H21N5O4. The average molecular weight is 443 g/mol. The van der Waals surface area contributed by atoms with Gasteiger partial charge in [0.2, 0.25) is 17.7 Å². The number of amides is 4. The summed E-state index contributed by atoms with van der Waals surface area (Å²) in [5, 5.41) is 2.31. The van der Waals surface area contributed by atoms with Crippen molar-refractivity contribution < 1.29 is 19.2 Å². The molecule has 1 saturated heterocycles. The number of rotatable bonds is 4. The van der Waals surface area contributed by atoms with Crippen molar-refractivity contribution in [2.75, 3.05) is 0 Å². The molecule has 9 heteroatoms. The van der Waals surface area contributed by atoms with E-state index in [-0.39, 0.29) is 24.8 Å². The smallest absolute Gasteiger partial charge is 0.255 e. The zero-order valence-corrected chi connectivity index (χ0v) is 17.9. The monoisotopic (exact) mass is 443 g/mol. The molecule has 3 heterocycles. The van der Waals surface area contributed by atoms with E-state index in [9.17, 15) is 19.2 Å². The normalized spacial score (nSPS) is 17.8. The number of piperidine rings is 1. The molecule has 0 saturated carbocycles. The molecular weight excluding hydrogens is 422 g/mol. The Morgan fingerprint density at radius 3 is 2.70 bits per heavy atom. The van der Waals surface area contributed by atoms with E-state index in [0.717, 1.165) is 22.4 Å². The third-order valence-electron chi connectivity index (χ3n) is 6.15. The summed E-state index contributed by atoms with van der Waals surface area (Å²) in [4.78, 5) is 54.4. The molecule has 3 N–H and O–H groups in total. The number of primary amides is 1. The standard InChI is InChI=1S/C24H21N5O4/c1-28-12-26-20(21(28)14-3-2-4-15(10-14)22(25)31)13-5-6-17-16(9-13)11-29(24(17)33)18-7-8-19(30)27-23(18)32/h2-6,9-10,12,18H,7-8,11H2,1H3,(H2,25,31)(H,27,30,32). The minimum atomic E-state index is -0.659. The van der Waals surface area contributed by atoms with Gasteiger partial charge < -0.3 is 15.2 Å². The number of aryl methyl sites for hydroxylation is 1. The van der Waals surface area contributed by atoms with Crippen LogP contribution in [-0.2, 0) is 23.2 Å². The summed E-state index contributed by atoms with van der Waals surface area (Å²) in [7, 11) is 1.87. The van der Waals surface area contributed by atoms with Crippen LogP contribution in [0.25, 0.3) is 22.5 Å². The number of fused-ring (bicyclic) bond motifs is 1. The van der Waals surface area contributed by atoms with Gasteiger partial charge in [0.1, 0.15) is 6.04 Å². The fourth-order valence-corrected chi connectivity index (χ4v) is 4.52. The lowest BCUT2D eigenvalue weighted by Crippen LogP contribution is -2.52. The van der Waals surface area contributed by atoms with Crippen LogP contribution in [0.3, 0.4) is 0 Å². The molecule has 4 amide bonds. The van der Waals surface area contributed by atoms with Gasteiger partial charge in [-0.3, -0.25) is 24.5 Å². The van der Waals surface area contributed by atoms with E-state index >= 15 is 0 Å². The molecule has 2 aliphatic heterocycles. The van der Waals surface area contributed by atoms with Gasteiger partial charge in [0.05, 0.1) is 17.7 Å². The third kappa shape index (κ3) is 3.47. The molecule has 1 atom stereocenters. The summed E-state index contributed by atoms with van der Waals surface area (Å²) in [6.07, 6.45) is 2.22. The predicted molar refractivity (Wildman–Crippen MR) is 119 cm³/mol. The van der Waals surface area contributed by atoms with Crippen molar-refractivity contribution in [3.05, 3.63) is 65.5 Å². The Morgan fingerprint density at radius 1 is 1.12 bits per heavy atom. The van der Waals surface area contributed by atoms with Gasteiger partial charge in [-0.2, -0.15) is 0 Å². The number of carbonyl (C=O) groups is 4. The van der Waals surface area contributed by atoms with Gasteiger partial charge in [-0.25, -0.2) is 4.98 Å². The van der Waals surface area contributed by atoms with Gasteiger partial charge in [-0.1, -0.05) is 18.2 Å². The fraction of sp³-hybridized carbons (Fsp3) is 0.208. The van der Waals surface area contributed by atoms with Crippen LogP contribution in [0.5, 0.6) is 0 Å². The van der Waals surface area contributed by atoms with Gasteiger partial charge in [0.15, 0.2) is 0 Å². The van der Waals surface area contributed by atoms with Crippen molar-refractivity contribution >= 4 is 23.6 Å². The van der Waals surface area contributed by atoms with Crippen LogP contribution in [0.1, 0.15) is 39.1 Å². The van der Waals surface area contributed by atoms with Crippen molar-refractivity contribution in [2.45, 2.75) is 25.4 Å². The number of nitrogens with zero attached hydrogens (tertiary/aromatic N) is 3. The first-order chi connectivity index (χ1) is 15.8. The molecule has 2 aliphatic rings. The molecule has 5 rings (SSSR count). The minimum absolute atomic E-state index is 0.212. The van der Waals surface area contributed by atoms with E-state index in [1.165, 1.54) is 4.90 Å². The van der Waals surface area contributed by atoms with Crippen molar-refractivity contribution in [2.24, 2.45) is 12.8 Å². The van der Waals surface area contributed by atoms with Gasteiger partial charge >= 0.3 is 0 Å². The Hall–Kier alpha value is -4.27. The van der Waals surface area contributed by atoms with Crippen LogP contribution in [0, 0.1) is 0 Å². The lowest BCUT2D eigenvalue weighted by Gasteiger charge is -2.29. The molecule has 9 nitrogen and oxygen atoms in total. The molecule has 0 aliphatic carbocycles. The van der Waals surface area contributed by atoms with E-state index in [2.05, 4.69) is 10.3 Å². The fourth-order valence-electron chi connectivity index (χ4n) is 4.52. The number of imide groups is 1. The van der Waals surface area contributed by atoms with E-state index in [4.69, 9.17) is 5.73 Å². The highest BCUT2D eigenvalue weighted by Gasteiger charge is 2.39. The van der Waals surface area contributed by atoms with Crippen LogP contribution < -0.4 is 11.1 Å². The summed E-state index contributed by atoms with van der Waals surface area (Å²) in [6, 6.07) is 11.9. The number of hydrogen-bond acceptors (Lipinski definition) is 5. The van der Waals surface area contributed by atoms with E-state index in [0.29, 0.717) is 23.2 Å².